The molecule has 0 N–H and O–H groups in total. The molecule has 0 spiro atoms. The zero-order valence-electron chi connectivity index (χ0n) is 17.4. The van der Waals surface area contributed by atoms with Crippen LogP contribution in [0, 0.1) is 0 Å². The Morgan fingerprint density at radius 3 is 2.10 bits per heavy atom. The molecule has 3 amide bonds. The second-order valence-corrected chi connectivity index (χ2v) is 8.58. The van der Waals surface area contributed by atoms with Crippen LogP contribution in [0.1, 0.15) is 24.1 Å². The van der Waals surface area contributed by atoms with Crippen LogP contribution in [0.25, 0.3) is 17.2 Å². The van der Waals surface area contributed by atoms with Crippen LogP contribution in [0.2, 0.25) is 0 Å². The molecular weight excluding hydrogens is 452 g/mol. The van der Waals surface area contributed by atoms with Gasteiger partial charge in [-0.1, -0.05) is 82.7 Å². The first-order valence-electron chi connectivity index (χ1n) is 10.1. The van der Waals surface area contributed by atoms with Gasteiger partial charge in [0.2, 0.25) is 0 Å². The van der Waals surface area contributed by atoms with E-state index in [-0.39, 0.29) is 24.0 Å². The molecule has 1 aliphatic heterocycles. The van der Waals surface area contributed by atoms with Crippen molar-refractivity contribution in [3.8, 4) is 11.1 Å². The third kappa shape index (κ3) is 4.32. The fraction of sp³-hybridized carbons (Fsp3) is 0.154. The summed E-state index contributed by atoms with van der Waals surface area (Å²) in [4.78, 5) is 28.8. The number of rotatable bonds is 4. The van der Waals surface area contributed by atoms with Gasteiger partial charge < -0.3 is 4.90 Å². The zero-order chi connectivity index (χ0) is 22.0. The molecule has 1 aliphatic rings. The summed E-state index contributed by atoms with van der Waals surface area (Å²) in [5.74, 6) is -0.313. The molecule has 0 aliphatic carbocycles. The van der Waals surface area contributed by atoms with Crippen LogP contribution in [0.15, 0.2) is 89.4 Å². The van der Waals surface area contributed by atoms with Crippen LogP contribution < -0.4 is 0 Å². The molecule has 1 fully saturated rings. The van der Waals surface area contributed by atoms with Gasteiger partial charge in [0.1, 0.15) is 0 Å². The molecule has 0 saturated carbocycles. The van der Waals surface area contributed by atoms with Crippen LogP contribution in [0.4, 0.5) is 4.79 Å². The van der Waals surface area contributed by atoms with E-state index in [4.69, 9.17) is 0 Å². The highest BCUT2D eigenvalue weighted by Gasteiger charge is 2.44. The number of likely N-dealkylation sites (N-methyl/N-ethyl adjacent to an activating group) is 1. The fourth-order valence-corrected chi connectivity index (χ4v) is 4.14. The molecule has 1 heterocycles. The predicted octanol–water partition coefficient (Wildman–Crippen LogP) is 6.15. The van der Waals surface area contributed by atoms with Crippen LogP contribution in [-0.2, 0) is 4.79 Å². The summed E-state index contributed by atoms with van der Waals surface area (Å²) < 4.78 is 1.04. The van der Waals surface area contributed by atoms with Crippen molar-refractivity contribution in [1.82, 2.24) is 9.80 Å². The van der Waals surface area contributed by atoms with Crippen LogP contribution in [0.5, 0.6) is 0 Å². The van der Waals surface area contributed by atoms with Gasteiger partial charge in [0.25, 0.3) is 5.91 Å². The Hall–Kier alpha value is -3.18. The molecule has 3 aromatic rings. The van der Waals surface area contributed by atoms with Gasteiger partial charge in [0.15, 0.2) is 0 Å². The Labute approximate surface area is 190 Å². The Morgan fingerprint density at radius 1 is 0.903 bits per heavy atom. The van der Waals surface area contributed by atoms with E-state index in [0.29, 0.717) is 0 Å². The minimum absolute atomic E-state index is 0.0996. The van der Waals surface area contributed by atoms with E-state index in [1.807, 2.05) is 73.7 Å². The summed E-state index contributed by atoms with van der Waals surface area (Å²) in [7, 11) is 1.74. The molecule has 4 nitrogen and oxygen atoms in total. The number of hydrogen-bond donors (Lipinski definition) is 0. The molecule has 0 bridgehead atoms. The lowest BCUT2D eigenvalue weighted by atomic mass is 10.0. The van der Waals surface area contributed by atoms with Crippen molar-refractivity contribution in [2.75, 3.05) is 7.05 Å². The number of amides is 3. The standard InChI is InChI=1S/C26H23BrN2O2/c1-18-25(22-6-4-3-5-7-22)29(26(31)28(18)2)24(30)17-10-19-8-11-20(12-9-19)21-13-15-23(27)16-14-21/h3-18,25H,1-2H3/b17-10+/t18-,25-/m1/s1. The van der Waals surface area contributed by atoms with Crippen molar-refractivity contribution < 1.29 is 9.59 Å². The van der Waals surface area contributed by atoms with Gasteiger partial charge in [-0.2, -0.15) is 0 Å². The molecule has 4 rings (SSSR count). The molecular formula is C26H23BrN2O2. The number of benzene rings is 3. The maximum absolute atomic E-state index is 13.0. The van der Waals surface area contributed by atoms with Crippen molar-refractivity contribution in [3.05, 3.63) is 101 Å². The number of hydrogen-bond acceptors (Lipinski definition) is 2. The summed E-state index contributed by atoms with van der Waals surface area (Å²) in [5, 5.41) is 0. The van der Waals surface area contributed by atoms with Crippen LogP contribution in [-0.4, -0.2) is 34.8 Å². The third-order valence-corrected chi connectivity index (χ3v) is 6.27. The van der Waals surface area contributed by atoms with Crippen molar-refractivity contribution in [2.45, 2.75) is 19.0 Å². The molecule has 156 valence electrons. The molecule has 0 radical (unpaired) electrons. The van der Waals surface area contributed by atoms with E-state index in [1.54, 1.807) is 18.0 Å². The summed E-state index contributed by atoms with van der Waals surface area (Å²) in [6.45, 7) is 1.97. The molecule has 5 heteroatoms. The largest absolute Gasteiger partial charge is 0.327 e. The Morgan fingerprint density at radius 2 is 1.48 bits per heavy atom. The molecule has 0 unspecified atom stereocenters. The van der Waals surface area contributed by atoms with Gasteiger partial charge in [-0.25, -0.2) is 4.79 Å². The SMILES string of the molecule is C[C@@H]1[C@H](c2ccccc2)N(C(=O)/C=C/c2ccc(-c3ccc(Br)cc3)cc2)C(=O)N1C. The Balaban J connectivity index is 1.53. The summed E-state index contributed by atoms with van der Waals surface area (Å²) >= 11 is 3.45. The van der Waals surface area contributed by atoms with Crippen molar-refractivity contribution in [1.29, 1.82) is 0 Å². The first-order valence-corrected chi connectivity index (χ1v) is 10.9. The lowest BCUT2D eigenvalue weighted by molar-refractivity contribution is -0.124. The topological polar surface area (TPSA) is 40.6 Å². The number of halogens is 1. The van der Waals surface area contributed by atoms with Crippen LogP contribution in [0.3, 0.4) is 0 Å². The minimum Gasteiger partial charge on any atom is -0.322 e. The molecule has 0 aromatic heterocycles. The fourth-order valence-electron chi connectivity index (χ4n) is 3.88. The molecule has 3 aromatic carbocycles. The van der Waals surface area contributed by atoms with E-state index >= 15 is 0 Å². The third-order valence-electron chi connectivity index (χ3n) is 5.74. The van der Waals surface area contributed by atoms with Gasteiger partial charge in [0, 0.05) is 17.6 Å². The Bertz CT molecular complexity index is 1110. The second-order valence-electron chi connectivity index (χ2n) is 7.66. The zero-order valence-corrected chi connectivity index (χ0v) is 19.0. The van der Waals surface area contributed by atoms with Gasteiger partial charge in [-0.05, 0) is 47.4 Å². The monoisotopic (exact) mass is 474 g/mol. The maximum Gasteiger partial charge on any atom is 0.327 e. The van der Waals surface area contributed by atoms with Crippen LogP contribution >= 0.6 is 15.9 Å². The average Bonchev–Trinajstić information content (AvgIpc) is 3.03. The molecule has 1 saturated heterocycles. The van der Waals surface area contributed by atoms with E-state index in [1.165, 1.54) is 11.0 Å². The number of nitrogens with zero attached hydrogens (tertiary/aromatic N) is 2. The highest BCUT2D eigenvalue weighted by Crippen LogP contribution is 2.34. The maximum atomic E-state index is 13.0. The lowest BCUT2D eigenvalue weighted by Gasteiger charge is -2.23. The second kappa shape index (κ2) is 8.90. The predicted molar refractivity (Wildman–Crippen MR) is 127 cm³/mol. The molecule has 31 heavy (non-hydrogen) atoms. The van der Waals surface area contributed by atoms with E-state index in [2.05, 4.69) is 28.1 Å². The smallest absolute Gasteiger partial charge is 0.322 e. The highest BCUT2D eigenvalue weighted by atomic mass is 79.9. The number of carbonyl (C=O) groups excluding carboxylic acids is 2. The lowest BCUT2D eigenvalue weighted by Crippen LogP contribution is -2.35. The summed E-state index contributed by atoms with van der Waals surface area (Å²) in [6, 6.07) is 25.1. The van der Waals surface area contributed by atoms with Gasteiger partial charge in [-0.15, -0.1) is 0 Å². The first-order chi connectivity index (χ1) is 15.0. The average molecular weight is 475 g/mol. The quantitative estimate of drug-likeness (QED) is 0.425. The normalized spacial score (nSPS) is 18.7. The first kappa shape index (κ1) is 21.1. The van der Waals surface area contributed by atoms with Gasteiger partial charge in [-0.3, -0.25) is 9.69 Å². The van der Waals surface area contributed by atoms with E-state index in [9.17, 15) is 9.59 Å². The summed E-state index contributed by atoms with van der Waals surface area (Å²) in [6.07, 6.45) is 3.24. The van der Waals surface area contributed by atoms with Gasteiger partial charge >= 0.3 is 6.03 Å². The highest BCUT2D eigenvalue weighted by molar-refractivity contribution is 9.10. The summed E-state index contributed by atoms with van der Waals surface area (Å²) in [5.41, 5.74) is 4.08. The van der Waals surface area contributed by atoms with Gasteiger partial charge in [0.05, 0.1) is 12.1 Å². The number of urea groups is 1. The Kier molecular flexibility index (Phi) is 6.05. The van der Waals surface area contributed by atoms with Crippen molar-refractivity contribution in [2.24, 2.45) is 0 Å². The number of carbonyl (C=O) groups is 2. The minimum atomic E-state index is -0.313. The van der Waals surface area contributed by atoms with E-state index < -0.39 is 0 Å². The van der Waals surface area contributed by atoms with E-state index in [0.717, 1.165) is 26.7 Å². The van der Waals surface area contributed by atoms with Crippen molar-refractivity contribution >= 4 is 33.9 Å². The van der Waals surface area contributed by atoms with Crippen molar-refractivity contribution in [3.63, 3.8) is 0 Å². The number of imide groups is 1. The molecule has 2 atom stereocenters.